The van der Waals surface area contributed by atoms with E-state index in [1.165, 1.54) is 0 Å². The number of aromatic nitrogens is 4. The lowest BCUT2D eigenvalue weighted by Gasteiger charge is -2.13. The van der Waals surface area contributed by atoms with Gasteiger partial charge in [0.05, 0.1) is 11.1 Å². The fraction of sp³-hybridized carbons (Fsp3) is 0.462. The smallest absolute Gasteiger partial charge is 0.183 e. The lowest BCUT2D eigenvalue weighted by Crippen LogP contribution is -2.09. The topological polar surface area (TPSA) is 69.6 Å². The molecule has 0 amide bonds. The maximum absolute atomic E-state index is 6.21. The van der Waals surface area contributed by atoms with E-state index in [4.69, 9.17) is 17.3 Å². The molecule has 1 unspecified atom stereocenters. The SMILES string of the molecule is CCCCC(C)n1nnnc1-c1ccc(N)cc1Cl. The maximum atomic E-state index is 6.21. The predicted molar refractivity (Wildman–Crippen MR) is 76.9 cm³/mol. The highest BCUT2D eigenvalue weighted by molar-refractivity contribution is 6.33. The Morgan fingerprint density at radius 3 is 2.89 bits per heavy atom. The molecule has 1 heterocycles. The molecular formula is C13H18ClN5. The minimum absolute atomic E-state index is 0.249. The number of tetrazole rings is 1. The van der Waals surface area contributed by atoms with Crippen molar-refractivity contribution in [1.82, 2.24) is 20.2 Å². The molecule has 1 aromatic heterocycles. The first-order valence-corrected chi connectivity index (χ1v) is 6.84. The quantitative estimate of drug-likeness (QED) is 0.852. The summed E-state index contributed by atoms with van der Waals surface area (Å²) in [5, 5.41) is 12.5. The summed E-state index contributed by atoms with van der Waals surface area (Å²) < 4.78 is 1.83. The average molecular weight is 280 g/mol. The van der Waals surface area contributed by atoms with E-state index in [1.807, 2.05) is 10.7 Å². The van der Waals surface area contributed by atoms with Gasteiger partial charge in [-0.15, -0.1) is 5.10 Å². The molecule has 5 nitrogen and oxygen atoms in total. The van der Waals surface area contributed by atoms with Gasteiger partial charge in [-0.25, -0.2) is 4.68 Å². The van der Waals surface area contributed by atoms with Crippen molar-refractivity contribution >= 4 is 17.3 Å². The monoisotopic (exact) mass is 279 g/mol. The van der Waals surface area contributed by atoms with Crippen LogP contribution in [0.25, 0.3) is 11.4 Å². The van der Waals surface area contributed by atoms with Gasteiger partial charge < -0.3 is 5.73 Å². The Morgan fingerprint density at radius 1 is 1.42 bits per heavy atom. The molecule has 0 aliphatic rings. The van der Waals surface area contributed by atoms with E-state index >= 15 is 0 Å². The molecular weight excluding hydrogens is 262 g/mol. The van der Waals surface area contributed by atoms with Gasteiger partial charge in [0, 0.05) is 11.3 Å². The highest BCUT2D eigenvalue weighted by atomic mass is 35.5. The summed E-state index contributed by atoms with van der Waals surface area (Å²) in [5.74, 6) is 0.689. The summed E-state index contributed by atoms with van der Waals surface area (Å²) >= 11 is 6.21. The summed E-state index contributed by atoms with van der Waals surface area (Å²) in [6.07, 6.45) is 3.35. The van der Waals surface area contributed by atoms with E-state index < -0.39 is 0 Å². The molecule has 0 fully saturated rings. The summed E-state index contributed by atoms with van der Waals surface area (Å²) in [6.45, 7) is 4.28. The van der Waals surface area contributed by atoms with Gasteiger partial charge in [0.15, 0.2) is 5.82 Å². The number of rotatable bonds is 5. The van der Waals surface area contributed by atoms with Crippen LogP contribution in [0.2, 0.25) is 5.02 Å². The van der Waals surface area contributed by atoms with Crippen LogP contribution in [0, 0.1) is 0 Å². The van der Waals surface area contributed by atoms with Crippen molar-refractivity contribution in [2.24, 2.45) is 0 Å². The maximum Gasteiger partial charge on any atom is 0.183 e. The second-order valence-corrected chi connectivity index (χ2v) is 5.08. The van der Waals surface area contributed by atoms with Crippen molar-refractivity contribution in [3.63, 3.8) is 0 Å². The van der Waals surface area contributed by atoms with Gasteiger partial charge in [-0.1, -0.05) is 31.4 Å². The first-order chi connectivity index (χ1) is 9.13. The molecule has 102 valence electrons. The molecule has 19 heavy (non-hydrogen) atoms. The number of halogens is 1. The summed E-state index contributed by atoms with van der Waals surface area (Å²) in [7, 11) is 0. The highest BCUT2D eigenvalue weighted by Crippen LogP contribution is 2.29. The summed E-state index contributed by atoms with van der Waals surface area (Å²) in [6, 6.07) is 5.62. The predicted octanol–water partition coefficient (Wildman–Crippen LogP) is 3.33. The zero-order chi connectivity index (χ0) is 13.8. The minimum Gasteiger partial charge on any atom is -0.399 e. The lowest BCUT2D eigenvalue weighted by molar-refractivity contribution is 0.437. The Bertz CT molecular complexity index is 552. The van der Waals surface area contributed by atoms with Gasteiger partial charge in [0.1, 0.15) is 0 Å². The molecule has 0 aliphatic heterocycles. The van der Waals surface area contributed by atoms with Gasteiger partial charge in [-0.05, 0) is 42.0 Å². The largest absolute Gasteiger partial charge is 0.399 e. The molecule has 1 aromatic carbocycles. The zero-order valence-corrected chi connectivity index (χ0v) is 11.9. The van der Waals surface area contributed by atoms with E-state index in [0.717, 1.165) is 24.8 Å². The molecule has 0 aliphatic carbocycles. The molecule has 2 N–H and O–H groups in total. The van der Waals surface area contributed by atoms with Crippen molar-refractivity contribution in [3.8, 4) is 11.4 Å². The second kappa shape index (κ2) is 6.02. The average Bonchev–Trinajstić information content (AvgIpc) is 2.85. The van der Waals surface area contributed by atoms with Crippen LogP contribution >= 0.6 is 11.6 Å². The van der Waals surface area contributed by atoms with Crippen LogP contribution in [-0.4, -0.2) is 20.2 Å². The molecule has 0 bridgehead atoms. The summed E-state index contributed by atoms with van der Waals surface area (Å²) in [4.78, 5) is 0. The number of nitrogens with zero attached hydrogens (tertiary/aromatic N) is 4. The van der Waals surface area contributed by atoms with E-state index in [2.05, 4.69) is 29.4 Å². The van der Waals surface area contributed by atoms with Gasteiger partial charge in [0.25, 0.3) is 0 Å². The molecule has 1 atom stereocenters. The van der Waals surface area contributed by atoms with Crippen molar-refractivity contribution in [3.05, 3.63) is 23.2 Å². The van der Waals surface area contributed by atoms with Crippen LogP contribution in [0.1, 0.15) is 39.2 Å². The van der Waals surface area contributed by atoms with Crippen LogP contribution in [0.15, 0.2) is 18.2 Å². The first-order valence-electron chi connectivity index (χ1n) is 6.46. The van der Waals surface area contributed by atoms with Crippen LogP contribution in [0.4, 0.5) is 5.69 Å². The molecule has 2 rings (SSSR count). The third kappa shape index (κ3) is 3.04. The van der Waals surface area contributed by atoms with Crippen LogP contribution < -0.4 is 5.73 Å². The number of benzene rings is 1. The normalized spacial score (nSPS) is 12.6. The van der Waals surface area contributed by atoms with E-state index in [-0.39, 0.29) is 6.04 Å². The van der Waals surface area contributed by atoms with E-state index in [0.29, 0.717) is 16.5 Å². The number of unbranched alkanes of at least 4 members (excludes halogenated alkanes) is 1. The van der Waals surface area contributed by atoms with E-state index in [9.17, 15) is 0 Å². The Kier molecular flexibility index (Phi) is 4.37. The van der Waals surface area contributed by atoms with Gasteiger partial charge in [-0.3, -0.25) is 0 Å². The third-order valence-corrected chi connectivity index (χ3v) is 3.43. The second-order valence-electron chi connectivity index (χ2n) is 4.68. The molecule has 0 spiro atoms. The standard InChI is InChI=1S/C13H18ClN5/c1-3-4-5-9(2)19-13(16-17-18-19)11-7-6-10(15)8-12(11)14/h6-9H,3-5,15H2,1-2H3. The van der Waals surface area contributed by atoms with Crippen molar-refractivity contribution in [2.45, 2.75) is 39.2 Å². The number of nitrogens with two attached hydrogens (primary N) is 1. The minimum atomic E-state index is 0.249. The van der Waals surface area contributed by atoms with Crippen molar-refractivity contribution in [2.75, 3.05) is 5.73 Å². The fourth-order valence-electron chi connectivity index (χ4n) is 2.00. The van der Waals surface area contributed by atoms with Crippen molar-refractivity contribution in [1.29, 1.82) is 0 Å². The number of hydrogen-bond acceptors (Lipinski definition) is 4. The van der Waals surface area contributed by atoms with Crippen LogP contribution in [0.5, 0.6) is 0 Å². The molecule has 0 saturated carbocycles. The number of hydrogen-bond donors (Lipinski definition) is 1. The summed E-state index contributed by atoms with van der Waals surface area (Å²) in [5.41, 5.74) is 7.14. The highest BCUT2D eigenvalue weighted by Gasteiger charge is 2.16. The Labute approximate surface area is 117 Å². The van der Waals surface area contributed by atoms with Gasteiger partial charge in [0.2, 0.25) is 0 Å². The molecule has 0 radical (unpaired) electrons. The van der Waals surface area contributed by atoms with Crippen LogP contribution in [-0.2, 0) is 0 Å². The Hall–Kier alpha value is -1.62. The zero-order valence-electron chi connectivity index (χ0n) is 11.2. The Balaban J connectivity index is 2.33. The number of nitrogen functional groups attached to an aromatic ring is 1. The lowest BCUT2D eigenvalue weighted by atomic mass is 10.1. The van der Waals surface area contributed by atoms with Crippen molar-refractivity contribution < 1.29 is 0 Å². The third-order valence-electron chi connectivity index (χ3n) is 3.12. The molecule has 0 saturated heterocycles. The molecule has 6 heteroatoms. The van der Waals surface area contributed by atoms with Gasteiger partial charge in [-0.2, -0.15) is 0 Å². The first kappa shape index (κ1) is 13.8. The molecule has 2 aromatic rings. The van der Waals surface area contributed by atoms with E-state index in [1.54, 1.807) is 12.1 Å². The van der Waals surface area contributed by atoms with Crippen LogP contribution in [0.3, 0.4) is 0 Å². The fourth-order valence-corrected chi connectivity index (χ4v) is 2.28. The van der Waals surface area contributed by atoms with Gasteiger partial charge >= 0.3 is 0 Å². The number of anilines is 1. The Morgan fingerprint density at radius 2 is 2.21 bits per heavy atom.